The molecule has 0 saturated heterocycles. The maximum absolute atomic E-state index is 12.2. The molecular weight excluding hydrogens is 282 g/mol. The molecule has 1 atom stereocenters. The molecule has 0 unspecified atom stereocenters. The van der Waals surface area contributed by atoms with Gasteiger partial charge in [-0.3, -0.25) is 4.79 Å². The molecule has 22 heavy (non-hydrogen) atoms. The Kier molecular flexibility index (Phi) is 4.48. The van der Waals surface area contributed by atoms with Crippen molar-refractivity contribution in [3.05, 3.63) is 36.2 Å². The Balaban J connectivity index is 2.28. The molecule has 1 aromatic heterocycles. The van der Waals surface area contributed by atoms with Crippen molar-refractivity contribution < 1.29 is 4.79 Å². The molecule has 0 saturated carbocycles. The lowest BCUT2D eigenvalue weighted by molar-refractivity contribution is -0.116. The van der Waals surface area contributed by atoms with Crippen molar-refractivity contribution in [1.82, 2.24) is 15.0 Å². The van der Waals surface area contributed by atoms with Gasteiger partial charge in [0.1, 0.15) is 0 Å². The Labute approximate surface area is 127 Å². The monoisotopic (exact) mass is 297 g/mol. The third-order valence-corrected chi connectivity index (χ3v) is 2.75. The van der Waals surface area contributed by atoms with Crippen LogP contribution in [0.15, 0.2) is 30.3 Å². The van der Waals surface area contributed by atoms with E-state index in [1.807, 2.05) is 12.1 Å². The summed E-state index contributed by atoms with van der Waals surface area (Å²) in [7, 11) is 3.45. The van der Waals surface area contributed by atoms with Crippen LogP contribution in [0, 0.1) is 11.3 Å². The summed E-state index contributed by atoms with van der Waals surface area (Å²) < 4.78 is 0. The van der Waals surface area contributed by atoms with Gasteiger partial charge in [0.05, 0.1) is 6.07 Å². The van der Waals surface area contributed by atoms with Crippen LogP contribution in [0.1, 0.15) is 11.7 Å². The van der Waals surface area contributed by atoms with Crippen LogP contribution in [-0.4, -0.2) is 35.0 Å². The molecule has 2 aromatic rings. The van der Waals surface area contributed by atoms with Crippen LogP contribution in [-0.2, 0) is 4.79 Å². The topological polar surface area (TPSA) is 121 Å². The number of rotatable bonds is 4. The SMILES string of the molecule is CN(C)c1nc(N)nc([C@@H](C#N)C(=O)Nc2ccccc2)n1. The van der Waals surface area contributed by atoms with Crippen LogP contribution in [0.25, 0.3) is 0 Å². The van der Waals surface area contributed by atoms with Crippen LogP contribution in [0.4, 0.5) is 17.6 Å². The highest BCUT2D eigenvalue weighted by Gasteiger charge is 2.25. The number of nitrogens with two attached hydrogens (primary N) is 1. The molecule has 0 radical (unpaired) electrons. The zero-order valence-electron chi connectivity index (χ0n) is 12.2. The van der Waals surface area contributed by atoms with Gasteiger partial charge in [0, 0.05) is 19.8 Å². The second kappa shape index (κ2) is 6.49. The Bertz CT molecular complexity index is 709. The third-order valence-electron chi connectivity index (χ3n) is 2.75. The highest BCUT2D eigenvalue weighted by Crippen LogP contribution is 2.17. The molecule has 0 fully saturated rings. The maximum atomic E-state index is 12.2. The fourth-order valence-electron chi connectivity index (χ4n) is 1.70. The first-order valence-electron chi connectivity index (χ1n) is 6.45. The van der Waals surface area contributed by atoms with Crippen LogP contribution in [0.3, 0.4) is 0 Å². The summed E-state index contributed by atoms with van der Waals surface area (Å²) in [5, 5.41) is 11.9. The normalized spacial score (nSPS) is 11.3. The lowest BCUT2D eigenvalue weighted by Gasteiger charge is -2.13. The van der Waals surface area contributed by atoms with Crippen molar-refractivity contribution >= 4 is 23.5 Å². The standard InChI is InChI=1S/C14H15N7O/c1-21(2)14-19-11(18-13(16)20-14)10(8-15)12(22)17-9-6-4-3-5-7-9/h3-7,10H,1-2H3,(H,17,22)(H2,16,18,19,20)/t10-/m1/s1. The zero-order chi connectivity index (χ0) is 16.1. The van der Waals surface area contributed by atoms with E-state index in [1.165, 1.54) is 0 Å². The summed E-state index contributed by atoms with van der Waals surface area (Å²) >= 11 is 0. The van der Waals surface area contributed by atoms with Crippen molar-refractivity contribution in [3.8, 4) is 6.07 Å². The van der Waals surface area contributed by atoms with E-state index in [-0.39, 0.29) is 17.7 Å². The van der Waals surface area contributed by atoms with Gasteiger partial charge in [-0.1, -0.05) is 18.2 Å². The number of benzene rings is 1. The van der Waals surface area contributed by atoms with Crippen molar-refractivity contribution in [3.63, 3.8) is 0 Å². The molecular formula is C14H15N7O. The third kappa shape index (κ3) is 3.46. The predicted octanol–water partition coefficient (Wildman–Crippen LogP) is 0.766. The van der Waals surface area contributed by atoms with Gasteiger partial charge < -0.3 is 16.0 Å². The Morgan fingerprint density at radius 1 is 1.27 bits per heavy atom. The quantitative estimate of drug-likeness (QED) is 0.854. The number of carbonyl (C=O) groups is 1. The summed E-state index contributed by atoms with van der Waals surface area (Å²) in [4.78, 5) is 25.8. The summed E-state index contributed by atoms with van der Waals surface area (Å²) in [6.07, 6.45) is 0. The fraction of sp³-hybridized carbons (Fsp3) is 0.214. The predicted molar refractivity (Wildman–Crippen MR) is 82.0 cm³/mol. The number of nitrogens with zero attached hydrogens (tertiary/aromatic N) is 5. The average molecular weight is 297 g/mol. The molecule has 0 aliphatic carbocycles. The lowest BCUT2D eigenvalue weighted by atomic mass is 10.1. The van der Waals surface area contributed by atoms with Crippen molar-refractivity contribution in [2.24, 2.45) is 0 Å². The van der Waals surface area contributed by atoms with Crippen LogP contribution in [0.5, 0.6) is 0 Å². The molecule has 8 heteroatoms. The first-order chi connectivity index (χ1) is 10.5. The van der Waals surface area contributed by atoms with E-state index in [0.717, 1.165) is 0 Å². The summed E-state index contributed by atoms with van der Waals surface area (Å²) in [5.74, 6) is -1.43. The number of hydrogen-bond acceptors (Lipinski definition) is 7. The fourth-order valence-corrected chi connectivity index (χ4v) is 1.70. The minimum Gasteiger partial charge on any atom is -0.368 e. The number of nitriles is 1. The molecule has 112 valence electrons. The number of nitrogens with one attached hydrogen (secondary N) is 1. The van der Waals surface area contributed by atoms with E-state index in [0.29, 0.717) is 5.69 Å². The van der Waals surface area contributed by atoms with E-state index in [4.69, 9.17) is 5.73 Å². The second-order valence-electron chi connectivity index (χ2n) is 4.66. The number of para-hydroxylation sites is 1. The van der Waals surface area contributed by atoms with E-state index in [9.17, 15) is 10.1 Å². The molecule has 0 aliphatic rings. The molecule has 3 N–H and O–H groups in total. The van der Waals surface area contributed by atoms with Gasteiger partial charge in [0.15, 0.2) is 11.7 Å². The van der Waals surface area contributed by atoms with Crippen LogP contribution in [0.2, 0.25) is 0 Å². The minimum absolute atomic E-state index is 0.0205. The van der Waals surface area contributed by atoms with E-state index >= 15 is 0 Å². The Morgan fingerprint density at radius 3 is 2.55 bits per heavy atom. The van der Waals surface area contributed by atoms with Crippen molar-refractivity contribution in [2.75, 3.05) is 30.0 Å². The molecule has 8 nitrogen and oxygen atoms in total. The molecule has 2 rings (SSSR count). The molecule has 0 bridgehead atoms. The van der Waals surface area contributed by atoms with Crippen LogP contribution >= 0.6 is 0 Å². The van der Waals surface area contributed by atoms with Gasteiger partial charge in [0.2, 0.25) is 17.8 Å². The number of amides is 1. The van der Waals surface area contributed by atoms with Crippen molar-refractivity contribution in [2.45, 2.75) is 5.92 Å². The summed E-state index contributed by atoms with van der Waals surface area (Å²) in [6.45, 7) is 0. The van der Waals surface area contributed by atoms with Gasteiger partial charge >= 0.3 is 0 Å². The summed E-state index contributed by atoms with van der Waals surface area (Å²) in [6, 6.07) is 10.7. The molecule has 1 aromatic carbocycles. The number of hydrogen-bond donors (Lipinski definition) is 2. The smallest absolute Gasteiger partial charge is 0.249 e. The van der Waals surface area contributed by atoms with Gasteiger partial charge in [-0.25, -0.2) is 0 Å². The van der Waals surface area contributed by atoms with Gasteiger partial charge in [-0.05, 0) is 12.1 Å². The Hall–Kier alpha value is -3.21. The number of aromatic nitrogens is 3. The zero-order valence-corrected chi connectivity index (χ0v) is 12.2. The van der Waals surface area contributed by atoms with Gasteiger partial charge in [-0.2, -0.15) is 20.2 Å². The highest BCUT2D eigenvalue weighted by atomic mass is 16.1. The number of nitrogen functional groups attached to an aromatic ring is 1. The summed E-state index contributed by atoms with van der Waals surface area (Å²) in [5.41, 5.74) is 6.20. The van der Waals surface area contributed by atoms with E-state index in [1.54, 1.807) is 43.3 Å². The lowest BCUT2D eigenvalue weighted by Crippen LogP contribution is -2.24. The van der Waals surface area contributed by atoms with Gasteiger partial charge in [0.25, 0.3) is 0 Å². The van der Waals surface area contributed by atoms with E-state index in [2.05, 4.69) is 20.3 Å². The second-order valence-corrected chi connectivity index (χ2v) is 4.66. The number of anilines is 3. The van der Waals surface area contributed by atoms with Crippen molar-refractivity contribution in [1.29, 1.82) is 5.26 Å². The molecule has 0 spiro atoms. The molecule has 1 heterocycles. The average Bonchev–Trinajstić information content (AvgIpc) is 2.48. The maximum Gasteiger partial charge on any atom is 0.249 e. The Morgan fingerprint density at radius 2 is 1.95 bits per heavy atom. The molecule has 0 aliphatic heterocycles. The molecule has 1 amide bonds. The largest absolute Gasteiger partial charge is 0.368 e. The van der Waals surface area contributed by atoms with Crippen LogP contribution < -0.4 is 16.0 Å². The minimum atomic E-state index is -1.18. The highest BCUT2D eigenvalue weighted by molar-refractivity contribution is 5.97. The van der Waals surface area contributed by atoms with E-state index < -0.39 is 11.8 Å². The van der Waals surface area contributed by atoms with Gasteiger partial charge in [-0.15, -0.1) is 0 Å². The first-order valence-corrected chi connectivity index (χ1v) is 6.45. The number of carbonyl (C=O) groups excluding carboxylic acids is 1. The first kappa shape index (κ1) is 15.2.